The maximum absolute atomic E-state index is 4.39. The molecule has 0 spiro atoms. The van der Waals surface area contributed by atoms with Gasteiger partial charge in [0.25, 0.3) is 0 Å². The van der Waals surface area contributed by atoms with Crippen LogP contribution in [0.2, 0.25) is 0 Å². The van der Waals surface area contributed by atoms with E-state index in [0.29, 0.717) is 0 Å². The van der Waals surface area contributed by atoms with Crippen LogP contribution in [0.3, 0.4) is 0 Å². The van der Waals surface area contributed by atoms with E-state index in [-0.39, 0.29) is 17.0 Å². The monoisotopic (exact) mass is 396 g/mol. The van der Waals surface area contributed by atoms with Crippen molar-refractivity contribution in [2.45, 2.75) is 0 Å². The number of hydrogen-bond donors (Lipinski definition) is 0. The lowest BCUT2D eigenvalue weighted by Crippen LogP contribution is -1.66. The van der Waals surface area contributed by atoms with Crippen LogP contribution in [0.5, 0.6) is 0 Å². The van der Waals surface area contributed by atoms with E-state index in [2.05, 4.69) is 59.6 Å². The summed E-state index contributed by atoms with van der Waals surface area (Å²) >= 11 is 7.96. The van der Waals surface area contributed by atoms with Gasteiger partial charge in [0.2, 0.25) is 0 Å². The highest BCUT2D eigenvalue weighted by Gasteiger charge is 2.06. The Morgan fingerprint density at radius 3 is 1.12 bits per heavy atom. The highest BCUT2D eigenvalue weighted by atomic mass is 79.9. The Bertz CT molecular complexity index is 32.8. The first kappa shape index (κ1) is 12.9. The summed E-state index contributed by atoms with van der Waals surface area (Å²) in [5.41, 5.74) is 0. The molecule has 0 unspecified atom stereocenters. The van der Waals surface area contributed by atoms with Crippen LogP contribution in [0.1, 0.15) is 0 Å². The van der Waals surface area contributed by atoms with Crippen molar-refractivity contribution in [1.29, 1.82) is 0 Å². The van der Waals surface area contributed by atoms with Crippen molar-refractivity contribution in [3.63, 3.8) is 0 Å². The van der Waals surface area contributed by atoms with Gasteiger partial charge in [0.1, 0.15) is 48.8 Å². The minimum atomic E-state index is -1.30. The average Bonchev–Trinajstić information content (AvgIpc) is 1.72. The summed E-state index contributed by atoms with van der Waals surface area (Å²) in [6, 6.07) is 0. The molecule has 52 valence electrons. The van der Waals surface area contributed by atoms with Crippen molar-refractivity contribution >= 4 is 74.4 Å². The van der Waals surface area contributed by atoms with Crippen LogP contribution in [-0.2, 0) is 10.8 Å². The molecule has 0 aliphatic carbocycles. The average molecular weight is 400 g/mol. The van der Waals surface area contributed by atoms with Crippen LogP contribution in [0.4, 0.5) is 0 Å². The van der Waals surface area contributed by atoms with E-state index >= 15 is 0 Å². The summed E-state index contributed by atoms with van der Waals surface area (Å²) in [5.74, 6) is 0. The first-order valence-corrected chi connectivity index (χ1v) is 4.05. The van der Waals surface area contributed by atoms with Gasteiger partial charge >= 0.3 is 8.60 Å². The molecule has 0 saturated carbocycles. The molecule has 0 rings (SSSR count). The van der Waals surface area contributed by atoms with Crippen molar-refractivity contribution in [3.8, 4) is 0 Å². The van der Waals surface area contributed by atoms with Crippen molar-refractivity contribution in [2.24, 2.45) is 0 Å². The molecule has 0 saturated heterocycles. The topological polar surface area (TPSA) is 27.7 Å². The molecule has 0 radical (unpaired) electrons. The van der Waals surface area contributed by atoms with Crippen LogP contribution in [0.25, 0.3) is 0 Å². The quantitative estimate of drug-likeness (QED) is 0.676. The molecule has 0 aromatic carbocycles. The minimum Gasteiger partial charge on any atom is -0.231 e. The van der Waals surface area contributed by atoms with Crippen molar-refractivity contribution in [2.75, 3.05) is 0 Å². The second kappa shape index (κ2) is 9.23. The van der Waals surface area contributed by atoms with Gasteiger partial charge in [0.15, 0.2) is 0 Å². The molecule has 0 aliphatic heterocycles. The lowest BCUT2D eigenvalue weighted by atomic mass is 15.8. The van der Waals surface area contributed by atoms with Crippen LogP contribution in [0.15, 0.2) is 0 Å². The van der Waals surface area contributed by atoms with E-state index in [9.17, 15) is 0 Å². The summed E-state index contributed by atoms with van der Waals surface area (Å²) in [6.07, 6.45) is 0. The Hall–Kier alpha value is 2.23. The van der Waals surface area contributed by atoms with Crippen LogP contribution in [0, 0.1) is 0 Å². The molecular weight excluding hydrogens is 399 g/mol. The Morgan fingerprint density at radius 1 is 0.875 bits per heavy atom. The predicted octanol–water partition coefficient (Wildman–Crippen LogP) is 3.77. The van der Waals surface area contributed by atoms with E-state index in [0.717, 1.165) is 0 Å². The van der Waals surface area contributed by atoms with Gasteiger partial charge < -0.3 is 0 Å². The second-order valence-electron chi connectivity index (χ2n) is 0.431. The molecule has 0 heterocycles. The Morgan fingerprint density at radius 2 is 1.12 bits per heavy atom. The molecular formula is HBr4O3P. The maximum Gasteiger partial charge on any atom is 0.368 e. The number of halogens is 4. The van der Waals surface area contributed by atoms with Gasteiger partial charge in [-0.25, -0.2) is 10.8 Å². The molecule has 0 N–H and O–H groups in total. The molecule has 0 aromatic rings. The number of hydrogen-bond acceptors (Lipinski definition) is 3. The van der Waals surface area contributed by atoms with Crippen LogP contribution >= 0.6 is 74.4 Å². The molecule has 0 aromatic heterocycles. The van der Waals surface area contributed by atoms with Crippen molar-refractivity contribution in [1.82, 2.24) is 0 Å². The van der Waals surface area contributed by atoms with E-state index in [1.165, 1.54) is 0 Å². The highest BCUT2D eigenvalue weighted by Crippen LogP contribution is 2.45. The Balaban J connectivity index is 0. The first-order valence-electron chi connectivity index (χ1n) is 1.01. The molecule has 0 aliphatic rings. The predicted molar refractivity (Wildman–Crippen MR) is 47.3 cm³/mol. The number of rotatable bonds is 3. The molecule has 3 nitrogen and oxygen atoms in total. The molecule has 0 atom stereocenters. The van der Waals surface area contributed by atoms with E-state index in [4.69, 9.17) is 0 Å². The fraction of sp³-hybridized carbons (Fsp3) is 0. The normalized spacial score (nSPS) is 9.00. The molecule has 8 heavy (non-hydrogen) atoms. The highest BCUT2D eigenvalue weighted by molar-refractivity contribution is 9.08. The van der Waals surface area contributed by atoms with Crippen LogP contribution in [-0.4, -0.2) is 0 Å². The van der Waals surface area contributed by atoms with Gasteiger partial charge in [-0.1, -0.05) is 0 Å². The third kappa shape index (κ3) is 6.35. The molecule has 0 amide bonds. The zero-order chi connectivity index (χ0) is 5.70. The largest absolute Gasteiger partial charge is 0.368 e. The van der Waals surface area contributed by atoms with E-state index < -0.39 is 8.60 Å². The molecule has 8 heteroatoms. The lowest BCUT2D eigenvalue weighted by Gasteiger charge is -1.98. The maximum atomic E-state index is 4.39. The van der Waals surface area contributed by atoms with Crippen molar-refractivity contribution in [3.05, 3.63) is 0 Å². The van der Waals surface area contributed by atoms with Gasteiger partial charge in [0.05, 0.1) is 0 Å². The molecule has 0 fully saturated rings. The Labute approximate surface area is 84.6 Å². The summed E-state index contributed by atoms with van der Waals surface area (Å²) in [5, 5.41) is 0. The summed E-state index contributed by atoms with van der Waals surface area (Å²) < 4.78 is 13.2. The van der Waals surface area contributed by atoms with E-state index in [1.807, 2.05) is 0 Å². The second-order valence-corrected chi connectivity index (χ2v) is 3.90. The SMILES string of the molecule is Br.BrOP(OBr)OBr. The molecule has 0 bridgehead atoms. The lowest BCUT2D eigenvalue weighted by molar-refractivity contribution is 0.501. The van der Waals surface area contributed by atoms with Crippen molar-refractivity contribution < 1.29 is 10.8 Å². The summed E-state index contributed by atoms with van der Waals surface area (Å²) in [6.45, 7) is 0. The van der Waals surface area contributed by atoms with Crippen LogP contribution < -0.4 is 0 Å². The fourth-order valence-electron chi connectivity index (χ4n) is 0.0319. The van der Waals surface area contributed by atoms with Gasteiger partial charge in [-0.3, -0.25) is 0 Å². The third-order valence-corrected chi connectivity index (χ3v) is 2.63. The summed E-state index contributed by atoms with van der Waals surface area (Å²) in [4.78, 5) is 0. The third-order valence-electron chi connectivity index (χ3n) is 0.169. The minimum absolute atomic E-state index is 0. The van der Waals surface area contributed by atoms with Gasteiger partial charge in [-0.15, -0.1) is 17.0 Å². The van der Waals surface area contributed by atoms with Gasteiger partial charge in [-0.05, 0) is 0 Å². The summed E-state index contributed by atoms with van der Waals surface area (Å²) in [7, 11) is -1.30. The van der Waals surface area contributed by atoms with Gasteiger partial charge in [0, 0.05) is 0 Å². The Kier molecular flexibility index (Phi) is 14.8. The van der Waals surface area contributed by atoms with Gasteiger partial charge in [-0.2, -0.15) is 0 Å². The smallest absolute Gasteiger partial charge is 0.231 e. The zero-order valence-electron chi connectivity index (χ0n) is 3.21. The van der Waals surface area contributed by atoms with E-state index in [1.54, 1.807) is 0 Å². The standard InChI is InChI=1S/Br3O3P.BrH/c1-4-7(5-2)6-3;/h;1H. The zero-order valence-corrected chi connectivity index (χ0v) is 10.6. The fourth-order valence-corrected chi connectivity index (χ4v) is 2.59. The first-order chi connectivity index (χ1) is 3.35.